The summed E-state index contributed by atoms with van der Waals surface area (Å²) < 4.78 is 1.37. The van der Waals surface area contributed by atoms with Crippen LogP contribution in [0.1, 0.15) is 12.5 Å². The van der Waals surface area contributed by atoms with E-state index in [1.54, 1.807) is 0 Å². The number of halogens is 1. The van der Waals surface area contributed by atoms with E-state index < -0.39 is 13.7 Å². The molecule has 11 heavy (non-hydrogen) atoms. The van der Waals surface area contributed by atoms with Crippen LogP contribution < -0.4 is 4.35 Å². The van der Waals surface area contributed by atoms with Gasteiger partial charge in [-0.25, -0.2) is 0 Å². The van der Waals surface area contributed by atoms with Crippen molar-refractivity contribution in [2.45, 2.75) is 19.1 Å². The molecule has 0 saturated heterocycles. The average Bonchev–Trinajstić information content (AvgIpc) is 2.05. The third kappa shape index (κ3) is 2.54. The van der Waals surface area contributed by atoms with E-state index >= 15 is 0 Å². The van der Waals surface area contributed by atoms with Crippen molar-refractivity contribution in [3.8, 4) is 0 Å². The van der Waals surface area contributed by atoms with E-state index in [1.807, 2.05) is 0 Å². The molecule has 1 unspecified atom stereocenters. The zero-order valence-corrected chi connectivity index (χ0v) is 9.47. The molecule has 1 aromatic carbocycles. The normalized spacial score (nSPS) is 13.0. The van der Waals surface area contributed by atoms with Crippen LogP contribution in [0.4, 0.5) is 0 Å². The van der Waals surface area contributed by atoms with Crippen LogP contribution in [0.15, 0.2) is 24.3 Å². The summed E-state index contributed by atoms with van der Waals surface area (Å²) in [7, 11) is 6.19. The quantitative estimate of drug-likeness (QED) is 0.685. The summed E-state index contributed by atoms with van der Waals surface area (Å²) in [4.78, 5) is 0. The van der Waals surface area contributed by atoms with E-state index in [4.69, 9.17) is 9.95 Å². The number of aryl methyl sites for hydroxylation is 1. The van der Waals surface area contributed by atoms with Crippen LogP contribution in [0.25, 0.3) is 0 Å². The third-order valence-corrected chi connectivity index (χ3v) is 6.81. The predicted octanol–water partition coefficient (Wildman–Crippen LogP) is 2.45. The Hall–Kier alpha value is 0.0684. The molecule has 0 N–H and O–H groups in total. The molecule has 1 atom stereocenters. The number of hydrogen-bond acceptors (Lipinski definition) is 0. The Labute approximate surface area is 77.0 Å². The van der Waals surface area contributed by atoms with Gasteiger partial charge in [-0.2, -0.15) is 0 Å². The van der Waals surface area contributed by atoms with Gasteiger partial charge in [0.15, 0.2) is 0 Å². The predicted molar refractivity (Wildman–Crippen MR) is 52.9 cm³/mol. The minimum absolute atomic E-state index is 1.14. The molecule has 0 fully saturated rings. The molecule has 0 aliphatic rings. The third-order valence-electron chi connectivity index (χ3n) is 1.59. The van der Waals surface area contributed by atoms with E-state index in [9.17, 15) is 0 Å². The van der Waals surface area contributed by atoms with Gasteiger partial charge in [0.25, 0.3) is 0 Å². The van der Waals surface area contributed by atoms with Crippen molar-refractivity contribution in [2.75, 3.05) is 0 Å². The van der Waals surface area contributed by atoms with Gasteiger partial charge >= 0.3 is 76.9 Å². The standard InChI is InChI=1S/C9H12AsCl/c1-3-10(11)9-6-4-8(2)5-7-9/h4-7H,3H2,1-2H3. The molecular weight excluding hydrogens is 218 g/mol. The monoisotopic (exact) mass is 230 g/mol. The van der Waals surface area contributed by atoms with Crippen LogP contribution in [0.5, 0.6) is 0 Å². The van der Waals surface area contributed by atoms with Crippen molar-refractivity contribution >= 4 is 28.0 Å². The maximum atomic E-state index is 6.19. The van der Waals surface area contributed by atoms with Gasteiger partial charge in [-0.3, -0.25) is 0 Å². The van der Waals surface area contributed by atoms with Crippen LogP contribution in [0, 0.1) is 6.92 Å². The van der Waals surface area contributed by atoms with E-state index in [0.717, 1.165) is 5.21 Å². The zero-order valence-electron chi connectivity index (χ0n) is 6.84. The van der Waals surface area contributed by atoms with Gasteiger partial charge < -0.3 is 0 Å². The van der Waals surface area contributed by atoms with Gasteiger partial charge in [0, 0.05) is 0 Å². The van der Waals surface area contributed by atoms with Crippen molar-refractivity contribution in [2.24, 2.45) is 0 Å². The van der Waals surface area contributed by atoms with Crippen molar-refractivity contribution in [1.82, 2.24) is 0 Å². The first kappa shape index (κ1) is 9.16. The topological polar surface area (TPSA) is 0 Å². The van der Waals surface area contributed by atoms with Crippen LogP contribution in [0.3, 0.4) is 0 Å². The first-order valence-corrected chi connectivity index (χ1v) is 8.47. The molecule has 0 bridgehead atoms. The Kier molecular flexibility index (Phi) is 3.48. The Morgan fingerprint density at radius 3 is 2.27 bits per heavy atom. The first-order valence-electron chi connectivity index (χ1n) is 3.74. The SMILES string of the molecule is CC[As](Cl)c1ccc(C)cc1. The van der Waals surface area contributed by atoms with Crippen molar-refractivity contribution < 1.29 is 0 Å². The zero-order chi connectivity index (χ0) is 8.27. The molecule has 0 spiro atoms. The van der Waals surface area contributed by atoms with Crippen LogP contribution in [-0.2, 0) is 0 Å². The summed E-state index contributed by atoms with van der Waals surface area (Å²) in [5.74, 6) is 0. The van der Waals surface area contributed by atoms with Gasteiger partial charge in [-0.05, 0) is 0 Å². The van der Waals surface area contributed by atoms with Gasteiger partial charge in [0.2, 0.25) is 0 Å². The Balaban J connectivity index is 2.81. The molecule has 0 saturated carbocycles. The summed E-state index contributed by atoms with van der Waals surface area (Å²) in [6.45, 7) is 4.26. The fourth-order valence-electron chi connectivity index (χ4n) is 0.889. The Bertz CT molecular complexity index is 218. The molecule has 0 amide bonds. The first-order chi connectivity index (χ1) is 5.24. The molecule has 1 rings (SSSR count). The fraction of sp³-hybridized carbons (Fsp3) is 0.333. The van der Waals surface area contributed by atoms with E-state index in [2.05, 4.69) is 38.1 Å². The van der Waals surface area contributed by atoms with Crippen LogP contribution in [0.2, 0.25) is 5.21 Å². The van der Waals surface area contributed by atoms with Crippen LogP contribution in [-0.4, -0.2) is 13.7 Å². The maximum absolute atomic E-state index is 6.19. The van der Waals surface area contributed by atoms with Crippen LogP contribution >= 0.6 is 9.95 Å². The number of rotatable bonds is 2. The molecule has 0 aromatic heterocycles. The summed E-state index contributed by atoms with van der Waals surface area (Å²) >= 11 is -1.15. The summed E-state index contributed by atoms with van der Waals surface area (Å²) in [6.07, 6.45) is 0. The second-order valence-electron chi connectivity index (χ2n) is 2.51. The van der Waals surface area contributed by atoms with E-state index in [0.29, 0.717) is 0 Å². The minimum atomic E-state index is -1.15. The van der Waals surface area contributed by atoms with Crippen molar-refractivity contribution in [3.05, 3.63) is 29.8 Å². The van der Waals surface area contributed by atoms with Gasteiger partial charge in [-0.1, -0.05) is 0 Å². The number of benzene rings is 1. The van der Waals surface area contributed by atoms with Gasteiger partial charge in [-0.15, -0.1) is 0 Å². The molecular formula is C9H12AsCl. The van der Waals surface area contributed by atoms with Crippen molar-refractivity contribution in [3.63, 3.8) is 0 Å². The van der Waals surface area contributed by atoms with E-state index in [-0.39, 0.29) is 0 Å². The van der Waals surface area contributed by atoms with Crippen molar-refractivity contribution in [1.29, 1.82) is 0 Å². The summed E-state index contributed by atoms with van der Waals surface area (Å²) in [5, 5.41) is 1.14. The Morgan fingerprint density at radius 2 is 1.82 bits per heavy atom. The molecule has 2 heteroatoms. The average molecular weight is 231 g/mol. The molecule has 0 aliphatic carbocycles. The molecule has 60 valence electrons. The molecule has 0 heterocycles. The molecule has 0 aliphatic heterocycles. The Morgan fingerprint density at radius 1 is 1.27 bits per heavy atom. The molecule has 1 aromatic rings. The van der Waals surface area contributed by atoms with E-state index in [1.165, 1.54) is 9.91 Å². The number of hydrogen-bond donors (Lipinski definition) is 0. The van der Waals surface area contributed by atoms with Gasteiger partial charge in [0.1, 0.15) is 0 Å². The summed E-state index contributed by atoms with van der Waals surface area (Å²) in [5.41, 5.74) is 1.31. The van der Waals surface area contributed by atoms with Gasteiger partial charge in [0.05, 0.1) is 0 Å². The summed E-state index contributed by atoms with van der Waals surface area (Å²) in [6, 6.07) is 8.59. The molecule has 0 nitrogen and oxygen atoms in total. The second kappa shape index (κ2) is 4.18. The molecule has 0 radical (unpaired) electrons. The fourth-order valence-corrected chi connectivity index (χ4v) is 3.23. The second-order valence-corrected chi connectivity index (χ2v) is 8.56.